The third-order valence-electron chi connectivity index (χ3n) is 3.63. The number of alkyl halides is 2. The van der Waals surface area contributed by atoms with Gasteiger partial charge < -0.3 is 10.1 Å². The van der Waals surface area contributed by atoms with Gasteiger partial charge in [0.05, 0.1) is 6.54 Å². The molecule has 1 aromatic heterocycles. The zero-order valence-electron chi connectivity index (χ0n) is 13.7. The van der Waals surface area contributed by atoms with E-state index in [-0.39, 0.29) is 18.2 Å². The molecule has 1 heterocycles. The fourth-order valence-corrected chi connectivity index (χ4v) is 2.34. The lowest BCUT2D eigenvalue weighted by molar-refractivity contribution is -0.0498. The molecule has 1 amide bonds. The molecule has 3 aromatic rings. The Balaban J connectivity index is 1.53. The van der Waals surface area contributed by atoms with E-state index in [1.165, 1.54) is 18.5 Å². The predicted octanol–water partition coefficient (Wildman–Crippen LogP) is 2.86. The second-order valence-corrected chi connectivity index (χ2v) is 5.50. The zero-order valence-corrected chi connectivity index (χ0v) is 13.7. The molecule has 0 saturated carbocycles. The number of halogens is 2. The third kappa shape index (κ3) is 4.85. The van der Waals surface area contributed by atoms with E-state index in [4.69, 9.17) is 0 Å². The summed E-state index contributed by atoms with van der Waals surface area (Å²) in [5, 5.41) is 6.81. The summed E-state index contributed by atoms with van der Waals surface area (Å²) in [5.74, 6) is -0.136. The Kier molecular flexibility index (Phi) is 5.52. The number of nitrogens with one attached hydrogen (secondary N) is 1. The first kappa shape index (κ1) is 17.5. The Hall–Kier alpha value is -3.29. The van der Waals surface area contributed by atoms with Gasteiger partial charge in [0.15, 0.2) is 0 Å². The molecule has 0 fully saturated rings. The molecule has 0 aliphatic heterocycles. The number of aromatic nitrogens is 3. The van der Waals surface area contributed by atoms with Crippen LogP contribution in [-0.2, 0) is 13.1 Å². The number of benzene rings is 2. The zero-order chi connectivity index (χ0) is 18.4. The molecule has 0 aliphatic rings. The van der Waals surface area contributed by atoms with Gasteiger partial charge in [-0.15, -0.1) is 0 Å². The molecule has 3 rings (SSSR count). The van der Waals surface area contributed by atoms with Crippen LogP contribution in [0.4, 0.5) is 8.78 Å². The lowest BCUT2D eigenvalue weighted by atomic mass is 10.1. The summed E-state index contributed by atoms with van der Waals surface area (Å²) in [5.41, 5.74) is 2.31. The van der Waals surface area contributed by atoms with Gasteiger partial charge in [-0.25, -0.2) is 9.67 Å². The van der Waals surface area contributed by atoms with Crippen LogP contribution in [0.15, 0.2) is 61.2 Å². The molecular weight excluding hydrogens is 342 g/mol. The van der Waals surface area contributed by atoms with Crippen molar-refractivity contribution in [2.75, 3.05) is 0 Å². The van der Waals surface area contributed by atoms with Crippen LogP contribution in [0.2, 0.25) is 0 Å². The number of carbonyl (C=O) groups is 1. The van der Waals surface area contributed by atoms with Gasteiger partial charge in [0.1, 0.15) is 18.4 Å². The average Bonchev–Trinajstić information content (AvgIpc) is 3.14. The van der Waals surface area contributed by atoms with Gasteiger partial charge in [0.25, 0.3) is 5.91 Å². The van der Waals surface area contributed by atoms with Gasteiger partial charge >= 0.3 is 6.61 Å². The van der Waals surface area contributed by atoms with E-state index in [1.54, 1.807) is 35.3 Å². The summed E-state index contributed by atoms with van der Waals surface area (Å²) < 4.78 is 30.2. The van der Waals surface area contributed by atoms with Crippen LogP contribution in [0.5, 0.6) is 5.75 Å². The Labute approximate surface area is 148 Å². The Morgan fingerprint density at radius 2 is 1.77 bits per heavy atom. The molecule has 0 unspecified atom stereocenters. The summed E-state index contributed by atoms with van der Waals surface area (Å²) >= 11 is 0. The SMILES string of the molecule is O=C(NCc1ccc(OC(F)F)cc1)c1ccc(Cn2cncn2)cc1. The number of hydrogen-bond acceptors (Lipinski definition) is 4. The van der Waals surface area contributed by atoms with Crippen molar-refractivity contribution in [1.29, 1.82) is 0 Å². The van der Waals surface area contributed by atoms with E-state index < -0.39 is 6.61 Å². The summed E-state index contributed by atoms with van der Waals surface area (Å²) in [6, 6.07) is 13.3. The fraction of sp³-hybridized carbons (Fsp3) is 0.167. The number of ether oxygens (including phenoxy) is 1. The molecule has 0 bridgehead atoms. The van der Waals surface area contributed by atoms with Gasteiger partial charge in [-0.2, -0.15) is 13.9 Å². The van der Waals surface area contributed by atoms with Gasteiger partial charge in [-0.05, 0) is 35.4 Å². The Morgan fingerprint density at radius 1 is 1.08 bits per heavy atom. The normalized spacial score (nSPS) is 10.7. The number of hydrogen-bond donors (Lipinski definition) is 1. The molecule has 2 aromatic carbocycles. The quantitative estimate of drug-likeness (QED) is 0.705. The van der Waals surface area contributed by atoms with Crippen LogP contribution in [0.25, 0.3) is 0 Å². The lowest BCUT2D eigenvalue weighted by Crippen LogP contribution is -2.22. The van der Waals surface area contributed by atoms with E-state index >= 15 is 0 Å². The van der Waals surface area contributed by atoms with Crippen molar-refractivity contribution < 1.29 is 18.3 Å². The highest BCUT2D eigenvalue weighted by molar-refractivity contribution is 5.94. The highest BCUT2D eigenvalue weighted by Crippen LogP contribution is 2.15. The van der Waals surface area contributed by atoms with Crippen molar-refractivity contribution in [2.24, 2.45) is 0 Å². The van der Waals surface area contributed by atoms with Crippen LogP contribution in [0.1, 0.15) is 21.5 Å². The van der Waals surface area contributed by atoms with Crippen molar-refractivity contribution in [3.05, 3.63) is 77.9 Å². The van der Waals surface area contributed by atoms with Crippen LogP contribution in [0.3, 0.4) is 0 Å². The smallest absolute Gasteiger partial charge is 0.387 e. The third-order valence-corrected chi connectivity index (χ3v) is 3.63. The minimum Gasteiger partial charge on any atom is -0.435 e. The van der Waals surface area contributed by atoms with E-state index in [2.05, 4.69) is 20.1 Å². The molecule has 6 nitrogen and oxygen atoms in total. The first-order valence-corrected chi connectivity index (χ1v) is 7.83. The molecule has 0 aliphatic carbocycles. The summed E-state index contributed by atoms with van der Waals surface area (Å²) in [6.07, 6.45) is 3.09. The van der Waals surface area contributed by atoms with Crippen molar-refractivity contribution in [1.82, 2.24) is 20.1 Å². The molecule has 0 radical (unpaired) electrons. The molecule has 0 atom stereocenters. The maximum Gasteiger partial charge on any atom is 0.387 e. The Bertz CT molecular complexity index is 835. The van der Waals surface area contributed by atoms with E-state index in [0.717, 1.165) is 11.1 Å². The average molecular weight is 358 g/mol. The van der Waals surface area contributed by atoms with Crippen LogP contribution >= 0.6 is 0 Å². The number of carbonyl (C=O) groups excluding carboxylic acids is 1. The van der Waals surface area contributed by atoms with E-state index in [9.17, 15) is 13.6 Å². The van der Waals surface area contributed by atoms with Crippen molar-refractivity contribution >= 4 is 5.91 Å². The minimum absolute atomic E-state index is 0.0815. The number of nitrogens with zero attached hydrogens (tertiary/aromatic N) is 3. The molecule has 8 heteroatoms. The topological polar surface area (TPSA) is 69.0 Å². The second-order valence-electron chi connectivity index (χ2n) is 5.50. The lowest BCUT2D eigenvalue weighted by Gasteiger charge is -2.08. The maximum absolute atomic E-state index is 12.2. The summed E-state index contributed by atoms with van der Waals surface area (Å²) in [4.78, 5) is 16.1. The molecule has 0 saturated heterocycles. The van der Waals surface area contributed by atoms with Crippen molar-refractivity contribution in [3.8, 4) is 5.75 Å². The van der Waals surface area contributed by atoms with Gasteiger partial charge in [0, 0.05) is 12.1 Å². The number of rotatable bonds is 7. The first-order valence-electron chi connectivity index (χ1n) is 7.83. The summed E-state index contributed by atoms with van der Waals surface area (Å²) in [7, 11) is 0. The standard InChI is InChI=1S/C18H16F2N4O2/c19-18(20)26-16-7-3-13(4-8-16)9-22-17(25)15-5-1-14(2-6-15)10-24-12-21-11-23-24/h1-8,11-12,18H,9-10H2,(H,22,25). The van der Waals surface area contributed by atoms with Gasteiger partial charge in [-0.1, -0.05) is 24.3 Å². The highest BCUT2D eigenvalue weighted by Gasteiger charge is 2.07. The van der Waals surface area contributed by atoms with Gasteiger partial charge in [0.2, 0.25) is 0 Å². The van der Waals surface area contributed by atoms with E-state index in [1.807, 2.05) is 12.1 Å². The van der Waals surface area contributed by atoms with Crippen molar-refractivity contribution in [3.63, 3.8) is 0 Å². The largest absolute Gasteiger partial charge is 0.435 e. The maximum atomic E-state index is 12.2. The molecular formula is C18H16F2N4O2. The molecule has 134 valence electrons. The minimum atomic E-state index is -2.85. The molecule has 26 heavy (non-hydrogen) atoms. The van der Waals surface area contributed by atoms with Crippen molar-refractivity contribution in [2.45, 2.75) is 19.7 Å². The second kappa shape index (κ2) is 8.19. The monoisotopic (exact) mass is 358 g/mol. The van der Waals surface area contributed by atoms with Crippen LogP contribution in [0, 0.1) is 0 Å². The highest BCUT2D eigenvalue weighted by atomic mass is 19.3. The van der Waals surface area contributed by atoms with Gasteiger partial charge in [-0.3, -0.25) is 4.79 Å². The van der Waals surface area contributed by atoms with Crippen LogP contribution < -0.4 is 10.1 Å². The summed E-state index contributed by atoms with van der Waals surface area (Å²) in [6.45, 7) is -1.99. The fourth-order valence-electron chi connectivity index (χ4n) is 2.34. The predicted molar refractivity (Wildman–Crippen MR) is 89.8 cm³/mol. The number of amides is 1. The Morgan fingerprint density at radius 3 is 2.38 bits per heavy atom. The first-order chi connectivity index (χ1) is 12.6. The van der Waals surface area contributed by atoms with E-state index in [0.29, 0.717) is 12.1 Å². The molecule has 0 spiro atoms. The molecule has 1 N–H and O–H groups in total. The van der Waals surface area contributed by atoms with Crippen LogP contribution in [-0.4, -0.2) is 27.3 Å².